The number of carbonyl (C=O) groups is 1. The minimum atomic E-state index is -0.646. The smallest absolute Gasteiger partial charge is 0.349 e. The van der Waals surface area contributed by atoms with Crippen LogP contribution in [0.15, 0.2) is 44.0 Å². The fourth-order valence-electron chi connectivity index (χ4n) is 3.13. The predicted molar refractivity (Wildman–Crippen MR) is 104 cm³/mol. The van der Waals surface area contributed by atoms with Crippen molar-refractivity contribution in [3.8, 4) is 5.75 Å². The second-order valence-electron chi connectivity index (χ2n) is 6.50. The maximum Gasteiger partial charge on any atom is 0.349 e. The molecule has 7 heteroatoms. The van der Waals surface area contributed by atoms with Crippen molar-refractivity contribution in [1.82, 2.24) is 9.80 Å². The number of ether oxygens (including phenoxy) is 1. The lowest BCUT2D eigenvalue weighted by Crippen LogP contribution is -2.49. The van der Waals surface area contributed by atoms with E-state index in [4.69, 9.17) is 9.15 Å². The molecule has 3 rings (SSSR count). The van der Waals surface area contributed by atoms with Crippen molar-refractivity contribution in [2.75, 3.05) is 39.8 Å². The molecule has 0 N–H and O–H groups in total. The van der Waals surface area contributed by atoms with Gasteiger partial charge in [0.1, 0.15) is 5.56 Å². The summed E-state index contributed by atoms with van der Waals surface area (Å²) in [6.07, 6.45) is 0. The van der Waals surface area contributed by atoms with Gasteiger partial charge in [-0.1, -0.05) is 28.1 Å². The van der Waals surface area contributed by atoms with E-state index >= 15 is 0 Å². The summed E-state index contributed by atoms with van der Waals surface area (Å²) in [7, 11) is 1.50. The molecular formula is C19H21BrN2O4. The molecule has 1 fully saturated rings. The third kappa shape index (κ3) is 3.83. The largest absolute Gasteiger partial charge is 0.493 e. The van der Waals surface area contributed by atoms with Crippen LogP contribution in [0.2, 0.25) is 0 Å². The summed E-state index contributed by atoms with van der Waals surface area (Å²) >= 11 is 3.40. The first-order valence-corrected chi connectivity index (χ1v) is 9.15. The van der Waals surface area contributed by atoms with Crippen LogP contribution < -0.4 is 10.4 Å². The molecule has 1 aliphatic heterocycles. The van der Waals surface area contributed by atoms with E-state index in [1.165, 1.54) is 7.11 Å². The Kier molecular flexibility index (Phi) is 5.48. The molecule has 2 heterocycles. The second-order valence-corrected chi connectivity index (χ2v) is 7.42. The van der Waals surface area contributed by atoms with Gasteiger partial charge in [-0.25, -0.2) is 4.79 Å². The molecule has 1 aromatic heterocycles. The lowest BCUT2D eigenvalue weighted by Gasteiger charge is -2.34. The van der Waals surface area contributed by atoms with Crippen LogP contribution in [-0.2, 0) is 0 Å². The van der Waals surface area contributed by atoms with Gasteiger partial charge in [0, 0.05) is 42.6 Å². The topological polar surface area (TPSA) is 63.0 Å². The number of amides is 1. The van der Waals surface area contributed by atoms with Crippen LogP contribution in [0.25, 0.3) is 11.0 Å². The van der Waals surface area contributed by atoms with E-state index < -0.39 is 5.63 Å². The standard InChI is InChI=1S/C19H21BrN2O4/c1-12(2)11-21-4-6-22(7-5-21)18(23)15-9-13-8-14(20)10-16(25-3)17(13)26-19(15)24/h8-10H,1,4-7,11H2,2-3H3. The van der Waals surface area contributed by atoms with Crippen molar-refractivity contribution in [2.45, 2.75) is 6.92 Å². The summed E-state index contributed by atoms with van der Waals surface area (Å²) in [6.45, 7) is 9.41. The minimum Gasteiger partial charge on any atom is -0.493 e. The Labute approximate surface area is 160 Å². The molecule has 0 unspecified atom stereocenters. The third-order valence-corrected chi connectivity index (χ3v) is 4.82. The number of rotatable bonds is 4. The maximum absolute atomic E-state index is 12.8. The molecule has 1 aliphatic rings. The first-order chi connectivity index (χ1) is 12.4. The number of fused-ring (bicyclic) bond motifs is 1. The van der Waals surface area contributed by atoms with E-state index in [0.29, 0.717) is 29.8 Å². The Morgan fingerprint density at radius 2 is 1.96 bits per heavy atom. The van der Waals surface area contributed by atoms with Gasteiger partial charge in [-0.3, -0.25) is 9.69 Å². The highest BCUT2D eigenvalue weighted by Gasteiger charge is 2.25. The van der Waals surface area contributed by atoms with Gasteiger partial charge < -0.3 is 14.1 Å². The van der Waals surface area contributed by atoms with E-state index in [2.05, 4.69) is 27.4 Å². The number of halogens is 1. The van der Waals surface area contributed by atoms with Gasteiger partial charge >= 0.3 is 5.63 Å². The molecule has 0 saturated carbocycles. The Morgan fingerprint density at radius 1 is 1.27 bits per heavy atom. The molecule has 138 valence electrons. The highest BCUT2D eigenvalue weighted by molar-refractivity contribution is 9.10. The van der Waals surface area contributed by atoms with E-state index in [-0.39, 0.29) is 11.5 Å². The highest BCUT2D eigenvalue weighted by atomic mass is 79.9. The van der Waals surface area contributed by atoms with Gasteiger partial charge in [0.15, 0.2) is 11.3 Å². The fraction of sp³-hybridized carbons (Fsp3) is 0.368. The monoisotopic (exact) mass is 420 g/mol. The zero-order valence-electron chi connectivity index (χ0n) is 14.9. The molecule has 1 saturated heterocycles. The Balaban J connectivity index is 1.86. The summed E-state index contributed by atoms with van der Waals surface area (Å²) in [5.74, 6) is 0.147. The summed E-state index contributed by atoms with van der Waals surface area (Å²) < 4.78 is 11.4. The zero-order valence-corrected chi connectivity index (χ0v) is 16.5. The average molecular weight is 421 g/mol. The molecule has 1 amide bonds. The van der Waals surface area contributed by atoms with E-state index in [1.54, 1.807) is 23.1 Å². The van der Waals surface area contributed by atoms with Crippen LogP contribution in [0.3, 0.4) is 0 Å². The van der Waals surface area contributed by atoms with E-state index in [1.807, 2.05) is 6.92 Å². The van der Waals surface area contributed by atoms with Gasteiger partial charge in [-0.2, -0.15) is 0 Å². The number of hydrogen-bond donors (Lipinski definition) is 0. The molecule has 1 aromatic carbocycles. The number of hydrogen-bond acceptors (Lipinski definition) is 5. The molecule has 0 atom stereocenters. The lowest BCUT2D eigenvalue weighted by molar-refractivity contribution is 0.0644. The first-order valence-electron chi connectivity index (χ1n) is 8.36. The number of piperazine rings is 1. The quantitative estimate of drug-likeness (QED) is 0.561. The molecule has 0 aliphatic carbocycles. The molecule has 2 aromatic rings. The van der Waals surface area contributed by atoms with Gasteiger partial charge in [0.05, 0.1) is 7.11 Å². The minimum absolute atomic E-state index is 0.0472. The highest BCUT2D eigenvalue weighted by Crippen LogP contribution is 2.29. The van der Waals surface area contributed by atoms with Crippen molar-refractivity contribution >= 4 is 32.8 Å². The van der Waals surface area contributed by atoms with E-state index in [9.17, 15) is 9.59 Å². The fourth-order valence-corrected chi connectivity index (χ4v) is 3.58. The average Bonchev–Trinajstić information content (AvgIpc) is 2.60. The summed E-state index contributed by atoms with van der Waals surface area (Å²) in [5.41, 5.74) is 0.835. The van der Waals surface area contributed by atoms with Gasteiger partial charge in [0.25, 0.3) is 5.91 Å². The Hall–Kier alpha value is -2.12. The van der Waals surface area contributed by atoms with Crippen molar-refractivity contribution < 1.29 is 13.9 Å². The summed E-state index contributed by atoms with van der Waals surface area (Å²) in [5, 5.41) is 0.639. The molecular weight excluding hydrogens is 400 g/mol. The molecule has 6 nitrogen and oxygen atoms in total. The van der Waals surface area contributed by atoms with Gasteiger partial charge in [-0.15, -0.1) is 0 Å². The van der Waals surface area contributed by atoms with Crippen molar-refractivity contribution in [1.29, 1.82) is 0 Å². The van der Waals surface area contributed by atoms with Crippen LogP contribution >= 0.6 is 15.9 Å². The Bertz CT molecular complexity index is 914. The maximum atomic E-state index is 12.8. The second kappa shape index (κ2) is 7.63. The summed E-state index contributed by atoms with van der Waals surface area (Å²) in [6, 6.07) is 5.09. The molecule has 0 radical (unpaired) electrons. The van der Waals surface area contributed by atoms with Gasteiger partial charge in [-0.05, 0) is 25.1 Å². The SMILES string of the molecule is C=C(C)CN1CCN(C(=O)c2cc3cc(Br)cc(OC)c3oc2=O)CC1. The normalized spacial score (nSPS) is 15.3. The molecule has 0 bridgehead atoms. The van der Waals surface area contributed by atoms with Crippen LogP contribution in [-0.4, -0.2) is 55.5 Å². The van der Waals surface area contributed by atoms with Crippen molar-refractivity contribution in [3.05, 3.63) is 50.8 Å². The van der Waals surface area contributed by atoms with Crippen LogP contribution in [0, 0.1) is 0 Å². The van der Waals surface area contributed by atoms with Crippen LogP contribution in [0.1, 0.15) is 17.3 Å². The zero-order chi connectivity index (χ0) is 18.8. The van der Waals surface area contributed by atoms with E-state index in [0.717, 1.165) is 29.7 Å². The molecule has 26 heavy (non-hydrogen) atoms. The molecule has 0 spiro atoms. The number of benzene rings is 1. The third-order valence-electron chi connectivity index (χ3n) is 4.37. The number of carbonyl (C=O) groups excluding carboxylic acids is 1. The van der Waals surface area contributed by atoms with Crippen LogP contribution in [0.5, 0.6) is 5.75 Å². The van der Waals surface area contributed by atoms with Crippen molar-refractivity contribution in [2.24, 2.45) is 0 Å². The van der Waals surface area contributed by atoms with Gasteiger partial charge in [0.2, 0.25) is 0 Å². The first kappa shape index (κ1) is 18.7. The van der Waals surface area contributed by atoms with Crippen molar-refractivity contribution in [3.63, 3.8) is 0 Å². The number of methoxy groups -OCH3 is 1. The summed E-state index contributed by atoms with van der Waals surface area (Å²) in [4.78, 5) is 29.1. The lowest BCUT2D eigenvalue weighted by atomic mass is 10.1. The van der Waals surface area contributed by atoms with Crippen LogP contribution in [0.4, 0.5) is 0 Å². The number of nitrogens with zero attached hydrogens (tertiary/aromatic N) is 2. The predicted octanol–water partition coefficient (Wildman–Crippen LogP) is 2.90. The Morgan fingerprint density at radius 3 is 2.58 bits per heavy atom.